The molecule has 19 heavy (non-hydrogen) atoms. The molecule has 108 valence electrons. The van der Waals surface area contributed by atoms with Gasteiger partial charge in [0, 0.05) is 31.4 Å². The summed E-state index contributed by atoms with van der Waals surface area (Å²) in [6.07, 6.45) is 7.67. The van der Waals surface area contributed by atoms with Crippen molar-refractivity contribution in [1.29, 1.82) is 0 Å². The van der Waals surface area contributed by atoms with Gasteiger partial charge in [-0.15, -0.1) is 0 Å². The van der Waals surface area contributed by atoms with Crippen LogP contribution in [-0.2, 0) is 0 Å². The average Bonchev–Trinajstić information content (AvgIpc) is 2.98. The van der Waals surface area contributed by atoms with Gasteiger partial charge < -0.3 is 14.8 Å². The van der Waals surface area contributed by atoms with Crippen LogP contribution in [0.5, 0.6) is 0 Å². The molecule has 0 bridgehead atoms. The standard InChI is InChI=1S/C15H28N4/c1-12(2)19-11-13(3)17-15(19)16-9-10-18(4)14-7-5-6-8-14/h11-12,14H,5-10H2,1-4H3,(H,16,17). The lowest BCUT2D eigenvalue weighted by molar-refractivity contribution is 0.254. The Hall–Kier alpha value is -1.03. The van der Waals surface area contributed by atoms with E-state index in [1.165, 1.54) is 25.7 Å². The molecule has 1 N–H and O–H groups in total. The number of hydrogen-bond acceptors (Lipinski definition) is 3. The molecule has 1 aliphatic carbocycles. The molecule has 0 unspecified atom stereocenters. The van der Waals surface area contributed by atoms with Crippen molar-refractivity contribution in [2.45, 2.75) is 58.5 Å². The lowest BCUT2D eigenvalue weighted by Gasteiger charge is -2.24. The summed E-state index contributed by atoms with van der Waals surface area (Å²) in [6, 6.07) is 1.25. The Balaban J connectivity index is 1.81. The van der Waals surface area contributed by atoms with E-state index >= 15 is 0 Å². The van der Waals surface area contributed by atoms with Gasteiger partial charge in [-0.05, 0) is 40.7 Å². The van der Waals surface area contributed by atoms with Gasteiger partial charge in [-0.1, -0.05) is 12.8 Å². The molecule has 0 aliphatic heterocycles. The van der Waals surface area contributed by atoms with Crippen LogP contribution in [0.2, 0.25) is 0 Å². The molecule has 1 heterocycles. The van der Waals surface area contributed by atoms with Gasteiger partial charge in [0.05, 0.1) is 5.69 Å². The molecule has 1 saturated carbocycles. The number of likely N-dealkylation sites (N-methyl/N-ethyl adjacent to an activating group) is 1. The third-order valence-electron chi connectivity index (χ3n) is 4.10. The minimum Gasteiger partial charge on any atom is -0.354 e. The van der Waals surface area contributed by atoms with E-state index in [9.17, 15) is 0 Å². The summed E-state index contributed by atoms with van der Waals surface area (Å²) in [5.41, 5.74) is 1.08. The second kappa shape index (κ2) is 6.42. The first-order valence-electron chi connectivity index (χ1n) is 7.57. The van der Waals surface area contributed by atoms with Crippen molar-refractivity contribution < 1.29 is 0 Å². The van der Waals surface area contributed by atoms with Crippen LogP contribution in [0, 0.1) is 6.92 Å². The number of imidazole rings is 1. The smallest absolute Gasteiger partial charge is 0.203 e. The molecule has 0 aromatic carbocycles. The van der Waals surface area contributed by atoms with E-state index in [0.717, 1.165) is 30.8 Å². The second-order valence-corrected chi connectivity index (χ2v) is 6.05. The fraction of sp³-hybridized carbons (Fsp3) is 0.800. The Kier molecular flexibility index (Phi) is 4.86. The number of nitrogens with zero attached hydrogens (tertiary/aromatic N) is 3. The zero-order valence-corrected chi connectivity index (χ0v) is 12.8. The third kappa shape index (κ3) is 3.72. The highest BCUT2D eigenvalue weighted by Gasteiger charge is 2.19. The lowest BCUT2D eigenvalue weighted by Crippen LogP contribution is -2.33. The summed E-state index contributed by atoms with van der Waals surface area (Å²) in [7, 11) is 2.25. The molecule has 2 rings (SSSR count). The Morgan fingerprint density at radius 3 is 2.74 bits per heavy atom. The van der Waals surface area contributed by atoms with E-state index < -0.39 is 0 Å². The van der Waals surface area contributed by atoms with E-state index in [4.69, 9.17) is 0 Å². The van der Waals surface area contributed by atoms with Gasteiger partial charge in [-0.25, -0.2) is 4.98 Å². The van der Waals surface area contributed by atoms with Crippen LogP contribution in [-0.4, -0.2) is 40.6 Å². The van der Waals surface area contributed by atoms with Crippen molar-refractivity contribution >= 4 is 5.95 Å². The molecular weight excluding hydrogens is 236 g/mol. The van der Waals surface area contributed by atoms with Crippen LogP contribution in [0.3, 0.4) is 0 Å². The van der Waals surface area contributed by atoms with Crippen molar-refractivity contribution in [2.24, 2.45) is 0 Å². The highest BCUT2D eigenvalue weighted by Crippen LogP contribution is 2.22. The molecule has 0 atom stereocenters. The summed E-state index contributed by atoms with van der Waals surface area (Å²) < 4.78 is 2.21. The number of aromatic nitrogens is 2. The zero-order chi connectivity index (χ0) is 13.8. The lowest BCUT2D eigenvalue weighted by atomic mass is 10.2. The summed E-state index contributed by atoms with van der Waals surface area (Å²) in [4.78, 5) is 7.06. The van der Waals surface area contributed by atoms with E-state index in [1.54, 1.807) is 0 Å². The molecule has 1 aromatic rings. The van der Waals surface area contributed by atoms with Crippen LogP contribution >= 0.6 is 0 Å². The predicted molar refractivity (Wildman–Crippen MR) is 80.7 cm³/mol. The van der Waals surface area contributed by atoms with Crippen molar-refractivity contribution in [3.8, 4) is 0 Å². The first-order chi connectivity index (χ1) is 9.08. The van der Waals surface area contributed by atoms with Crippen LogP contribution in [0.15, 0.2) is 6.20 Å². The summed E-state index contributed by atoms with van der Waals surface area (Å²) >= 11 is 0. The van der Waals surface area contributed by atoms with Gasteiger partial charge in [0.25, 0.3) is 0 Å². The van der Waals surface area contributed by atoms with Crippen molar-refractivity contribution in [2.75, 3.05) is 25.5 Å². The van der Waals surface area contributed by atoms with Gasteiger partial charge in [0.15, 0.2) is 0 Å². The number of anilines is 1. The number of nitrogens with one attached hydrogen (secondary N) is 1. The van der Waals surface area contributed by atoms with Crippen LogP contribution in [0.1, 0.15) is 51.3 Å². The second-order valence-electron chi connectivity index (χ2n) is 6.05. The van der Waals surface area contributed by atoms with Crippen molar-refractivity contribution in [3.05, 3.63) is 11.9 Å². The van der Waals surface area contributed by atoms with Crippen LogP contribution in [0.25, 0.3) is 0 Å². The third-order valence-corrected chi connectivity index (χ3v) is 4.10. The van der Waals surface area contributed by atoms with E-state index in [0.29, 0.717) is 6.04 Å². The number of hydrogen-bond donors (Lipinski definition) is 1. The maximum atomic E-state index is 4.56. The first-order valence-corrected chi connectivity index (χ1v) is 7.57. The quantitative estimate of drug-likeness (QED) is 0.857. The summed E-state index contributed by atoms with van der Waals surface area (Å²) in [6.45, 7) is 8.49. The minimum absolute atomic E-state index is 0.455. The maximum absolute atomic E-state index is 4.56. The highest BCUT2D eigenvalue weighted by atomic mass is 15.2. The molecule has 1 aliphatic rings. The van der Waals surface area contributed by atoms with Crippen LogP contribution in [0.4, 0.5) is 5.95 Å². The van der Waals surface area contributed by atoms with Crippen LogP contribution < -0.4 is 5.32 Å². The van der Waals surface area contributed by atoms with Crippen molar-refractivity contribution in [3.63, 3.8) is 0 Å². The fourth-order valence-electron chi connectivity index (χ4n) is 2.91. The zero-order valence-electron chi connectivity index (χ0n) is 12.8. The largest absolute Gasteiger partial charge is 0.354 e. The van der Waals surface area contributed by atoms with E-state index in [1.807, 2.05) is 0 Å². The Labute approximate surface area is 117 Å². The van der Waals surface area contributed by atoms with E-state index in [2.05, 4.69) is 53.8 Å². The minimum atomic E-state index is 0.455. The molecule has 4 heteroatoms. The molecule has 4 nitrogen and oxygen atoms in total. The molecule has 1 fully saturated rings. The van der Waals surface area contributed by atoms with Gasteiger partial charge >= 0.3 is 0 Å². The number of aryl methyl sites for hydroxylation is 1. The molecular formula is C15H28N4. The molecule has 0 saturated heterocycles. The Morgan fingerprint density at radius 1 is 1.42 bits per heavy atom. The summed E-state index contributed by atoms with van der Waals surface area (Å²) in [5.74, 6) is 1.01. The molecule has 0 amide bonds. The van der Waals surface area contributed by atoms with Gasteiger partial charge in [0.1, 0.15) is 0 Å². The molecule has 0 radical (unpaired) electrons. The highest BCUT2D eigenvalue weighted by molar-refractivity contribution is 5.29. The summed E-state index contributed by atoms with van der Waals surface area (Å²) in [5, 5.41) is 3.48. The van der Waals surface area contributed by atoms with Gasteiger partial charge in [-0.3, -0.25) is 0 Å². The topological polar surface area (TPSA) is 33.1 Å². The maximum Gasteiger partial charge on any atom is 0.203 e. The molecule has 1 aromatic heterocycles. The Bertz CT molecular complexity index is 391. The Morgan fingerprint density at radius 2 is 2.11 bits per heavy atom. The van der Waals surface area contributed by atoms with E-state index in [-0.39, 0.29) is 0 Å². The SMILES string of the molecule is Cc1cn(C(C)C)c(NCCN(C)C2CCCC2)n1. The monoisotopic (exact) mass is 264 g/mol. The van der Waals surface area contributed by atoms with Crippen molar-refractivity contribution in [1.82, 2.24) is 14.5 Å². The van der Waals surface area contributed by atoms with Gasteiger partial charge in [-0.2, -0.15) is 0 Å². The number of rotatable bonds is 6. The fourth-order valence-corrected chi connectivity index (χ4v) is 2.91. The first kappa shape index (κ1) is 14.4. The predicted octanol–water partition coefficient (Wildman–Crippen LogP) is 3.06. The normalized spacial score (nSPS) is 16.7. The average molecular weight is 264 g/mol. The van der Waals surface area contributed by atoms with Gasteiger partial charge in [0.2, 0.25) is 5.95 Å². The molecule has 0 spiro atoms.